The largest absolute Gasteiger partial charge is 0.369 e. The summed E-state index contributed by atoms with van der Waals surface area (Å²) in [5, 5.41) is -0.607. The van der Waals surface area contributed by atoms with E-state index in [1.54, 1.807) is 36.4 Å². The van der Waals surface area contributed by atoms with E-state index in [1.165, 1.54) is 12.1 Å². The first-order chi connectivity index (χ1) is 9.59. The van der Waals surface area contributed by atoms with Gasteiger partial charge in [0.2, 0.25) is 5.91 Å². The van der Waals surface area contributed by atoms with Gasteiger partial charge in [-0.15, -0.1) is 11.8 Å². The van der Waals surface area contributed by atoms with Crippen LogP contribution in [0.4, 0.5) is 8.78 Å². The zero-order valence-electron chi connectivity index (χ0n) is 10.6. The number of benzene rings is 2. The highest BCUT2D eigenvalue weighted by molar-refractivity contribution is 8.00. The molecule has 0 heterocycles. The van der Waals surface area contributed by atoms with Crippen molar-refractivity contribution >= 4 is 17.7 Å². The number of thioether (sulfide) groups is 1. The first-order valence-electron chi connectivity index (χ1n) is 5.98. The van der Waals surface area contributed by atoms with Crippen molar-refractivity contribution in [3.8, 4) is 0 Å². The van der Waals surface area contributed by atoms with Gasteiger partial charge in [0.15, 0.2) is 0 Å². The molecule has 0 aromatic heterocycles. The molecule has 2 rings (SSSR count). The van der Waals surface area contributed by atoms with Crippen LogP contribution in [0.5, 0.6) is 0 Å². The molecule has 0 aliphatic carbocycles. The smallest absolute Gasteiger partial charge is 0.227 e. The van der Waals surface area contributed by atoms with E-state index in [0.29, 0.717) is 11.1 Å². The SMILES string of the molecule is NC(=O)CSC(c1ccccc1F)c1ccccc1F. The van der Waals surface area contributed by atoms with E-state index >= 15 is 0 Å². The maximum absolute atomic E-state index is 13.9. The van der Waals surface area contributed by atoms with Crippen molar-refractivity contribution < 1.29 is 13.6 Å². The van der Waals surface area contributed by atoms with Crippen LogP contribution in [0.3, 0.4) is 0 Å². The minimum absolute atomic E-state index is 0.00661. The second-order valence-corrected chi connectivity index (χ2v) is 5.29. The van der Waals surface area contributed by atoms with Crippen LogP contribution in [0.1, 0.15) is 16.4 Å². The quantitative estimate of drug-likeness (QED) is 0.919. The summed E-state index contributed by atoms with van der Waals surface area (Å²) in [6.07, 6.45) is 0. The standard InChI is InChI=1S/C15H13F2NOS/c16-12-7-3-1-5-10(12)15(20-9-14(18)19)11-6-2-4-8-13(11)17/h1-8,15H,9H2,(H2,18,19). The van der Waals surface area contributed by atoms with Crippen LogP contribution in [0.15, 0.2) is 48.5 Å². The Kier molecular flexibility index (Phi) is 4.74. The van der Waals surface area contributed by atoms with Gasteiger partial charge in [-0.2, -0.15) is 0 Å². The van der Waals surface area contributed by atoms with E-state index in [4.69, 9.17) is 5.73 Å². The summed E-state index contributed by atoms with van der Waals surface area (Å²) in [4.78, 5) is 11.0. The first kappa shape index (κ1) is 14.5. The molecule has 1 amide bonds. The van der Waals surface area contributed by atoms with Gasteiger partial charge in [-0.05, 0) is 12.1 Å². The molecular formula is C15H13F2NOS. The number of carbonyl (C=O) groups is 1. The second-order valence-electron chi connectivity index (χ2n) is 4.20. The van der Waals surface area contributed by atoms with Crippen LogP contribution < -0.4 is 5.73 Å². The Morgan fingerprint density at radius 2 is 1.45 bits per heavy atom. The Morgan fingerprint density at radius 3 is 1.85 bits per heavy atom. The number of hydrogen-bond acceptors (Lipinski definition) is 2. The average Bonchev–Trinajstić information content (AvgIpc) is 2.42. The summed E-state index contributed by atoms with van der Waals surface area (Å²) in [6, 6.07) is 12.3. The molecule has 104 valence electrons. The van der Waals surface area contributed by atoms with Crippen LogP contribution in [0.2, 0.25) is 0 Å². The predicted octanol–water partition coefficient (Wildman–Crippen LogP) is 3.27. The van der Waals surface area contributed by atoms with Gasteiger partial charge in [0.05, 0.1) is 11.0 Å². The molecule has 0 aliphatic heterocycles. The van der Waals surface area contributed by atoms with Gasteiger partial charge in [-0.25, -0.2) is 8.78 Å². The van der Waals surface area contributed by atoms with Gasteiger partial charge >= 0.3 is 0 Å². The molecule has 2 aromatic rings. The summed E-state index contributed by atoms with van der Waals surface area (Å²) >= 11 is 1.11. The number of amides is 1. The molecule has 0 aliphatic rings. The van der Waals surface area contributed by atoms with Crippen molar-refractivity contribution in [1.82, 2.24) is 0 Å². The highest BCUT2D eigenvalue weighted by Gasteiger charge is 2.21. The lowest BCUT2D eigenvalue weighted by Crippen LogP contribution is -2.15. The van der Waals surface area contributed by atoms with E-state index in [9.17, 15) is 13.6 Å². The van der Waals surface area contributed by atoms with Gasteiger partial charge in [0, 0.05) is 11.1 Å². The van der Waals surface area contributed by atoms with Crippen LogP contribution in [0, 0.1) is 11.6 Å². The zero-order chi connectivity index (χ0) is 14.5. The first-order valence-corrected chi connectivity index (χ1v) is 7.03. The zero-order valence-corrected chi connectivity index (χ0v) is 11.4. The molecule has 0 fully saturated rings. The molecule has 0 radical (unpaired) electrons. The normalized spacial score (nSPS) is 10.8. The van der Waals surface area contributed by atoms with Crippen molar-refractivity contribution in [2.45, 2.75) is 5.25 Å². The van der Waals surface area contributed by atoms with Gasteiger partial charge < -0.3 is 5.73 Å². The summed E-state index contributed by atoms with van der Waals surface area (Å²) in [7, 11) is 0. The summed E-state index contributed by atoms with van der Waals surface area (Å²) in [5.41, 5.74) is 5.80. The minimum Gasteiger partial charge on any atom is -0.369 e. The van der Waals surface area contributed by atoms with E-state index in [1.807, 2.05) is 0 Å². The van der Waals surface area contributed by atoms with Gasteiger partial charge in [0.25, 0.3) is 0 Å². The van der Waals surface area contributed by atoms with Gasteiger partial charge in [0.1, 0.15) is 11.6 Å². The van der Waals surface area contributed by atoms with E-state index < -0.39 is 22.8 Å². The highest BCUT2D eigenvalue weighted by Crippen LogP contribution is 2.37. The van der Waals surface area contributed by atoms with Crippen LogP contribution >= 0.6 is 11.8 Å². The minimum atomic E-state index is -0.607. The molecule has 0 spiro atoms. The van der Waals surface area contributed by atoms with E-state index in [0.717, 1.165) is 11.8 Å². The van der Waals surface area contributed by atoms with Crippen molar-refractivity contribution in [2.24, 2.45) is 5.73 Å². The van der Waals surface area contributed by atoms with E-state index in [-0.39, 0.29) is 5.75 Å². The molecule has 0 atom stereocenters. The molecule has 0 unspecified atom stereocenters. The number of carbonyl (C=O) groups excluding carboxylic acids is 1. The van der Waals surface area contributed by atoms with Crippen LogP contribution in [0.25, 0.3) is 0 Å². The lowest BCUT2D eigenvalue weighted by atomic mass is 10.0. The molecule has 0 saturated heterocycles. The average molecular weight is 293 g/mol. The Hall–Kier alpha value is -1.88. The second kappa shape index (κ2) is 6.52. The fourth-order valence-electron chi connectivity index (χ4n) is 1.89. The van der Waals surface area contributed by atoms with Crippen LogP contribution in [-0.4, -0.2) is 11.7 Å². The topological polar surface area (TPSA) is 43.1 Å². The number of primary amides is 1. The molecule has 0 saturated carbocycles. The number of halogens is 2. The van der Waals surface area contributed by atoms with Crippen LogP contribution in [-0.2, 0) is 4.79 Å². The lowest BCUT2D eigenvalue weighted by molar-refractivity contribution is -0.115. The summed E-state index contributed by atoms with van der Waals surface area (Å²) < 4.78 is 27.9. The van der Waals surface area contributed by atoms with Crippen molar-refractivity contribution in [3.05, 3.63) is 71.3 Å². The van der Waals surface area contributed by atoms with Gasteiger partial charge in [-0.1, -0.05) is 36.4 Å². The Bertz CT molecular complexity index is 573. The lowest BCUT2D eigenvalue weighted by Gasteiger charge is -2.18. The molecule has 2 N–H and O–H groups in total. The fraction of sp³-hybridized carbons (Fsp3) is 0.133. The molecule has 2 aromatic carbocycles. The maximum atomic E-state index is 13.9. The molecule has 20 heavy (non-hydrogen) atoms. The Morgan fingerprint density at radius 1 is 1.00 bits per heavy atom. The van der Waals surface area contributed by atoms with Crippen molar-refractivity contribution in [3.63, 3.8) is 0 Å². The van der Waals surface area contributed by atoms with E-state index in [2.05, 4.69) is 0 Å². The summed E-state index contributed by atoms with van der Waals surface area (Å²) in [6.45, 7) is 0. The monoisotopic (exact) mass is 293 g/mol. The highest BCUT2D eigenvalue weighted by atomic mass is 32.2. The number of hydrogen-bond donors (Lipinski definition) is 1. The molecule has 0 bridgehead atoms. The number of nitrogens with two attached hydrogens (primary N) is 1. The summed E-state index contributed by atoms with van der Waals surface area (Å²) in [5.74, 6) is -1.39. The third-order valence-corrected chi connectivity index (χ3v) is 4.06. The Labute approximate surface area is 120 Å². The molecule has 5 heteroatoms. The van der Waals surface area contributed by atoms with Gasteiger partial charge in [-0.3, -0.25) is 4.79 Å². The van der Waals surface area contributed by atoms with Crippen molar-refractivity contribution in [1.29, 1.82) is 0 Å². The van der Waals surface area contributed by atoms with Crippen molar-refractivity contribution in [2.75, 3.05) is 5.75 Å². The molecular weight excluding hydrogens is 280 g/mol. The molecule has 2 nitrogen and oxygen atoms in total. The Balaban J connectivity index is 2.42. The maximum Gasteiger partial charge on any atom is 0.227 e. The third-order valence-electron chi connectivity index (χ3n) is 2.77. The number of rotatable bonds is 5. The predicted molar refractivity (Wildman–Crippen MR) is 76.3 cm³/mol. The fourth-order valence-corrected chi connectivity index (χ4v) is 2.96. The third kappa shape index (κ3) is 3.36.